The van der Waals surface area contributed by atoms with Crippen molar-refractivity contribution in [1.82, 2.24) is 4.90 Å². The summed E-state index contributed by atoms with van der Waals surface area (Å²) < 4.78 is 15.6. The fraction of sp³-hybridized carbons (Fsp3) is 0.333. The molecule has 7 heteroatoms. The third kappa shape index (κ3) is 8.72. The number of carbonyl (C=O) groups is 2. The topological polar surface area (TPSA) is 65.1 Å². The Labute approximate surface area is 189 Å². The van der Waals surface area contributed by atoms with E-state index in [2.05, 4.69) is 0 Å². The van der Waals surface area contributed by atoms with Crippen LogP contribution >= 0.6 is 11.6 Å². The molecule has 0 radical (unpaired) electrons. The first-order valence-corrected chi connectivity index (χ1v) is 10.1. The predicted octanol–water partition coefficient (Wildman–Crippen LogP) is 4.47. The molecule has 0 spiro atoms. The zero-order chi connectivity index (χ0) is 23.4. The Kier molecular flexibility index (Phi) is 11.2. The summed E-state index contributed by atoms with van der Waals surface area (Å²) in [4.78, 5) is 27.0. The van der Waals surface area contributed by atoms with Crippen molar-refractivity contribution in [3.8, 4) is 0 Å². The van der Waals surface area contributed by atoms with Crippen molar-refractivity contribution >= 4 is 23.4 Å². The Hall–Kier alpha value is -2.99. The number of allylic oxidation sites excluding steroid dienone is 4. The standard InChI is InChI=1S/C24H30ClNO5/c1-7-31-24(28)21(16-26(3)4)23(27)17(2)13-19(22(30-6)11-12-29-5)14-18-9-8-10-20(25)15-18/h8-13,15-16H,7,14H2,1-6H3/b12-11+,17-13+,21-16-,22-19-. The largest absolute Gasteiger partial charge is 0.504 e. The van der Waals surface area contributed by atoms with Crippen LogP contribution in [0, 0.1) is 0 Å². The van der Waals surface area contributed by atoms with Crippen LogP contribution < -0.4 is 0 Å². The molecule has 0 fully saturated rings. The third-order valence-electron chi connectivity index (χ3n) is 4.05. The van der Waals surface area contributed by atoms with Crippen LogP contribution in [0.4, 0.5) is 0 Å². The van der Waals surface area contributed by atoms with Gasteiger partial charge in [-0.1, -0.05) is 23.7 Å². The minimum atomic E-state index is -0.666. The fourth-order valence-corrected chi connectivity index (χ4v) is 2.94. The summed E-state index contributed by atoms with van der Waals surface area (Å²) in [6.45, 7) is 3.52. The van der Waals surface area contributed by atoms with Crippen LogP contribution in [-0.4, -0.2) is 51.6 Å². The molecule has 1 aromatic rings. The number of hydrogen-bond acceptors (Lipinski definition) is 6. The van der Waals surface area contributed by atoms with Gasteiger partial charge in [0.05, 0.1) is 27.1 Å². The summed E-state index contributed by atoms with van der Waals surface area (Å²) in [5, 5.41) is 0.610. The second-order valence-electron chi connectivity index (χ2n) is 6.82. The molecule has 0 amide bonds. The van der Waals surface area contributed by atoms with Gasteiger partial charge in [0, 0.05) is 37.8 Å². The Morgan fingerprint density at radius 2 is 1.90 bits per heavy atom. The average Bonchev–Trinajstić information content (AvgIpc) is 2.71. The summed E-state index contributed by atoms with van der Waals surface area (Å²) >= 11 is 6.12. The smallest absolute Gasteiger partial charge is 0.343 e. The van der Waals surface area contributed by atoms with Crippen LogP contribution in [0.3, 0.4) is 0 Å². The molecule has 0 bridgehead atoms. The number of ketones is 1. The molecule has 0 N–H and O–H groups in total. The number of halogens is 1. The van der Waals surface area contributed by atoms with E-state index in [0.717, 1.165) is 11.1 Å². The second-order valence-corrected chi connectivity index (χ2v) is 7.26. The molecule has 1 rings (SSSR count). The maximum atomic E-state index is 13.1. The molecule has 1 aromatic carbocycles. The summed E-state index contributed by atoms with van der Waals surface area (Å²) in [7, 11) is 6.53. The van der Waals surface area contributed by atoms with Crippen molar-refractivity contribution < 1.29 is 23.8 Å². The van der Waals surface area contributed by atoms with Gasteiger partial charge in [-0.05, 0) is 48.8 Å². The predicted molar refractivity (Wildman–Crippen MR) is 123 cm³/mol. The van der Waals surface area contributed by atoms with Gasteiger partial charge in [-0.15, -0.1) is 0 Å². The highest BCUT2D eigenvalue weighted by atomic mass is 35.5. The number of ether oxygens (including phenoxy) is 3. The molecular formula is C24H30ClNO5. The molecule has 0 aliphatic rings. The van der Waals surface area contributed by atoms with E-state index in [4.69, 9.17) is 25.8 Å². The molecular weight excluding hydrogens is 418 g/mol. The van der Waals surface area contributed by atoms with Crippen LogP contribution in [-0.2, 0) is 30.2 Å². The van der Waals surface area contributed by atoms with Gasteiger partial charge in [-0.25, -0.2) is 4.79 Å². The first-order valence-electron chi connectivity index (χ1n) is 9.72. The minimum Gasteiger partial charge on any atom is -0.504 e. The Morgan fingerprint density at radius 1 is 1.19 bits per heavy atom. The van der Waals surface area contributed by atoms with E-state index in [1.54, 1.807) is 51.1 Å². The lowest BCUT2D eigenvalue weighted by Crippen LogP contribution is -2.20. The van der Waals surface area contributed by atoms with Crippen molar-refractivity contribution in [2.45, 2.75) is 20.3 Å². The molecule has 0 saturated heterocycles. The van der Waals surface area contributed by atoms with Gasteiger partial charge in [-0.3, -0.25) is 4.79 Å². The van der Waals surface area contributed by atoms with Crippen LogP contribution in [0.1, 0.15) is 19.4 Å². The highest BCUT2D eigenvalue weighted by Gasteiger charge is 2.22. The van der Waals surface area contributed by atoms with Crippen LogP contribution in [0.15, 0.2) is 71.4 Å². The number of carbonyl (C=O) groups excluding carboxylic acids is 2. The lowest BCUT2D eigenvalue weighted by molar-refractivity contribution is -0.139. The Balaban J connectivity index is 3.46. The molecule has 0 aliphatic heterocycles. The van der Waals surface area contributed by atoms with Crippen molar-refractivity contribution in [3.05, 3.63) is 81.9 Å². The number of benzene rings is 1. The second kappa shape index (κ2) is 13.3. The molecule has 0 unspecified atom stereocenters. The van der Waals surface area contributed by atoms with E-state index < -0.39 is 11.8 Å². The first kappa shape index (κ1) is 26.0. The lowest BCUT2D eigenvalue weighted by atomic mass is 9.98. The Morgan fingerprint density at radius 3 is 2.45 bits per heavy atom. The lowest BCUT2D eigenvalue weighted by Gasteiger charge is -2.13. The maximum absolute atomic E-state index is 13.1. The van der Waals surface area contributed by atoms with E-state index in [0.29, 0.717) is 22.8 Å². The van der Waals surface area contributed by atoms with Crippen molar-refractivity contribution in [2.24, 2.45) is 0 Å². The monoisotopic (exact) mass is 447 g/mol. The number of hydrogen-bond donors (Lipinski definition) is 0. The van der Waals surface area contributed by atoms with Gasteiger partial charge in [0.25, 0.3) is 0 Å². The number of Topliss-reactive ketones (excluding diaryl/α,β-unsaturated/α-hetero) is 1. The van der Waals surface area contributed by atoms with Crippen LogP contribution in [0.2, 0.25) is 5.02 Å². The molecule has 0 saturated carbocycles. The molecule has 168 valence electrons. The SMILES string of the molecule is CCOC(=O)/C(=C\N(C)C)C(=O)/C(C)=C/C(Cc1cccc(Cl)c1)=C(\C=C\OC)OC. The van der Waals surface area contributed by atoms with Crippen LogP contribution in [0.25, 0.3) is 0 Å². The molecule has 0 aliphatic carbocycles. The summed E-state index contributed by atoms with van der Waals surface area (Å²) in [6.07, 6.45) is 6.76. The molecule has 31 heavy (non-hydrogen) atoms. The van der Waals surface area contributed by atoms with E-state index in [1.807, 2.05) is 18.2 Å². The quantitative estimate of drug-likeness (QED) is 0.124. The average molecular weight is 448 g/mol. The molecule has 0 atom stereocenters. The zero-order valence-corrected chi connectivity index (χ0v) is 19.7. The number of rotatable bonds is 11. The van der Waals surface area contributed by atoms with Gasteiger partial charge < -0.3 is 19.1 Å². The summed E-state index contributed by atoms with van der Waals surface area (Å²) in [5.41, 5.74) is 1.97. The van der Waals surface area contributed by atoms with E-state index in [-0.39, 0.29) is 12.2 Å². The molecule has 0 aromatic heterocycles. The van der Waals surface area contributed by atoms with Gasteiger partial charge in [0.2, 0.25) is 0 Å². The molecule has 6 nitrogen and oxygen atoms in total. The van der Waals surface area contributed by atoms with Gasteiger partial charge in [0.15, 0.2) is 5.78 Å². The number of esters is 1. The van der Waals surface area contributed by atoms with Gasteiger partial charge >= 0.3 is 5.97 Å². The normalized spacial score (nSPS) is 13.0. The Bertz CT molecular complexity index is 897. The number of methoxy groups -OCH3 is 2. The van der Waals surface area contributed by atoms with Crippen molar-refractivity contribution in [3.63, 3.8) is 0 Å². The zero-order valence-electron chi connectivity index (χ0n) is 18.9. The first-order chi connectivity index (χ1) is 14.7. The summed E-state index contributed by atoms with van der Waals surface area (Å²) in [5.74, 6) is -0.578. The molecule has 0 heterocycles. The maximum Gasteiger partial charge on any atom is 0.343 e. The fourth-order valence-electron chi connectivity index (χ4n) is 2.72. The van der Waals surface area contributed by atoms with Crippen molar-refractivity contribution in [2.75, 3.05) is 34.9 Å². The number of nitrogens with zero attached hydrogens (tertiary/aromatic N) is 1. The summed E-state index contributed by atoms with van der Waals surface area (Å²) in [6, 6.07) is 7.42. The van der Waals surface area contributed by atoms with Crippen LogP contribution in [0.5, 0.6) is 0 Å². The van der Waals surface area contributed by atoms with Gasteiger partial charge in [0.1, 0.15) is 11.3 Å². The van der Waals surface area contributed by atoms with Crippen molar-refractivity contribution in [1.29, 1.82) is 0 Å². The highest BCUT2D eigenvalue weighted by Crippen LogP contribution is 2.21. The van der Waals surface area contributed by atoms with E-state index in [9.17, 15) is 9.59 Å². The minimum absolute atomic E-state index is 0.0471. The van der Waals surface area contributed by atoms with E-state index in [1.165, 1.54) is 26.7 Å². The van der Waals surface area contributed by atoms with Gasteiger partial charge in [-0.2, -0.15) is 0 Å². The highest BCUT2D eigenvalue weighted by molar-refractivity contribution is 6.30. The van der Waals surface area contributed by atoms with E-state index >= 15 is 0 Å². The third-order valence-corrected chi connectivity index (χ3v) is 4.29.